The second-order valence-corrected chi connectivity index (χ2v) is 7.76. The molecule has 0 aliphatic carbocycles. The van der Waals surface area contributed by atoms with Crippen LogP contribution in [0.25, 0.3) is 0 Å². The van der Waals surface area contributed by atoms with Crippen LogP contribution >= 0.6 is 11.3 Å². The van der Waals surface area contributed by atoms with Crippen LogP contribution in [0.5, 0.6) is 5.75 Å². The van der Waals surface area contributed by atoms with E-state index in [0.717, 1.165) is 21.8 Å². The monoisotopic (exact) mass is 413 g/mol. The van der Waals surface area contributed by atoms with Crippen molar-refractivity contribution in [2.45, 2.75) is 34.3 Å². The first kappa shape index (κ1) is 20.7. The van der Waals surface area contributed by atoms with Crippen LogP contribution < -0.4 is 10.1 Å². The maximum atomic E-state index is 12.6. The molecule has 152 valence electrons. The van der Waals surface area contributed by atoms with E-state index in [9.17, 15) is 9.59 Å². The van der Waals surface area contributed by atoms with Gasteiger partial charge in [-0.2, -0.15) is 0 Å². The molecule has 0 spiro atoms. The summed E-state index contributed by atoms with van der Waals surface area (Å²) in [5, 5.41) is 3.22. The quantitative estimate of drug-likeness (QED) is 0.534. The first-order valence-electron chi connectivity index (χ1n) is 9.25. The highest BCUT2D eigenvalue weighted by atomic mass is 32.1. The summed E-state index contributed by atoms with van der Waals surface area (Å²) < 4.78 is 16.4. The fourth-order valence-corrected chi connectivity index (χ4v) is 3.81. The van der Waals surface area contributed by atoms with E-state index in [2.05, 4.69) is 5.32 Å². The molecule has 0 saturated carbocycles. The van der Waals surface area contributed by atoms with E-state index in [-0.39, 0.29) is 19.0 Å². The summed E-state index contributed by atoms with van der Waals surface area (Å²) >= 11 is 1.33. The number of carbonyl (C=O) groups is 2. The summed E-state index contributed by atoms with van der Waals surface area (Å²) in [6, 6.07) is 11.0. The third kappa shape index (κ3) is 4.86. The summed E-state index contributed by atoms with van der Waals surface area (Å²) in [5.74, 6) is 0.526. The van der Waals surface area contributed by atoms with Gasteiger partial charge in [-0.15, -0.1) is 11.3 Å². The number of nitrogens with one attached hydrogen (secondary N) is 1. The minimum atomic E-state index is -0.448. The van der Waals surface area contributed by atoms with E-state index in [0.29, 0.717) is 16.3 Å². The lowest BCUT2D eigenvalue weighted by Gasteiger charge is -2.06. The molecule has 0 radical (unpaired) electrons. The normalized spacial score (nSPS) is 10.6. The second-order valence-electron chi connectivity index (χ2n) is 6.53. The summed E-state index contributed by atoms with van der Waals surface area (Å²) in [7, 11) is 0. The molecule has 3 rings (SSSR count). The van der Waals surface area contributed by atoms with Gasteiger partial charge in [-0.3, -0.25) is 4.79 Å². The number of rotatable bonds is 7. The van der Waals surface area contributed by atoms with Crippen molar-refractivity contribution >= 4 is 28.2 Å². The third-order valence-electron chi connectivity index (χ3n) is 4.35. The molecular formula is C22H23NO5S. The van der Waals surface area contributed by atoms with E-state index < -0.39 is 11.9 Å². The number of ether oxygens (including phenoxy) is 2. The molecule has 1 N–H and O–H groups in total. The zero-order valence-corrected chi connectivity index (χ0v) is 17.6. The Labute approximate surface area is 173 Å². The number of esters is 1. The average Bonchev–Trinajstić information content (AvgIpc) is 3.25. The number of hydrogen-bond donors (Lipinski definition) is 1. The lowest BCUT2D eigenvalue weighted by molar-refractivity contribution is 0.0527. The smallest absolute Gasteiger partial charge is 0.341 e. The van der Waals surface area contributed by atoms with Crippen LogP contribution in [0.4, 0.5) is 5.00 Å². The Hall–Kier alpha value is -3.06. The zero-order valence-electron chi connectivity index (χ0n) is 16.8. The highest BCUT2D eigenvalue weighted by molar-refractivity contribution is 7.16. The zero-order chi connectivity index (χ0) is 21.0. The third-order valence-corrected chi connectivity index (χ3v) is 5.47. The largest absolute Gasteiger partial charge is 0.486 e. The molecule has 1 aromatic carbocycles. The van der Waals surface area contributed by atoms with Crippen molar-refractivity contribution in [3.05, 3.63) is 69.5 Å². The second kappa shape index (κ2) is 8.96. The Morgan fingerprint density at radius 3 is 2.66 bits per heavy atom. The van der Waals surface area contributed by atoms with Gasteiger partial charge < -0.3 is 19.2 Å². The van der Waals surface area contributed by atoms with Crippen LogP contribution in [0.3, 0.4) is 0 Å². The number of amides is 1. The van der Waals surface area contributed by atoms with Crippen LogP contribution in [0.2, 0.25) is 0 Å². The molecule has 2 aromatic heterocycles. The average molecular weight is 413 g/mol. The molecule has 0 fully saturated rings. The number of thiophene rings is 1. The van der Waals surface area contributed by atoms with Gasteiger partial charge in [-0.05, 0) is 63.1 Å². The molecule has 0 atom stereocenters. The van der Waals surface area contributed by atoms with Crippen molar-refractivity contribution in [3.8, 4) is 5.75 Å². The van der Waals surface area contributed by atoms with E-state index in [1.807, 2.05) is 45.0 Å². The molecular weight excluding hydrogens is 390 g/mol. The van der Waals surface area contributed by atoms with E-state index in [1.54, 1.807) is 19.1 Å². The number of furan rings is 1. The van der Waals surface area contributed by atoms with Gasteiger partial charge in [0.1, 0.15) is 23.1 Å². The van der Waals surface area contributed by atoms with Crippen LogP contribution in [-0.2, 0) is 11.3 Å². The molecule has 0 saturated heterocycles. The topological polar surface area (TPSA) is 77.8 Å². The lowest BCUT2D eigenvalue weighted by Crippen LogP contribution is -2.14. The number of carbonyl (C=O) groups excluding carboxylic acids is 2. The fraction of sp³-hybridized carbons (Fsp3) is 0.273. The Kier molecular flexibility index (Phi) is 6.39. The molecule has 0 aliphatic heterocycles. The number of hydrogen-bond acceptors (Lipinski definition) is 6. The van der Waals surface area contributed by atoms with Crippen molar-refractivity contribution in [1.29, 1.82) is 0 Å². The van der Waals surface area contributed by atoms with Gasteiger partial charge in [-0.25, -0.2) is 4.79 Å². The Morgan fingerprint density at radius 1 is 1.14 bits per heavy atom. The van der Waals surface area contributed by atoms with Gasteiger partial charge in [0.25, 0.3) is 5.91 Å². The predicted octanol–water partition coefficient (Wildman–Crippen LogP) is 5.27. The Balaban J connectivity index is 1.69. The summed E-state index contributed by atoms with van der Waals surface area (Å²) in [5.41, 5.74) is 2.29. The standard InChI is InChI=1S/C22H23NO5S/c1-5-26-22(25)19-14(3)15(4)29-21(19)23-20(24)18-10-9-17(28-18)12-27-16-8-6-7-13(2)11-16/h6-11H,5,12H2,1-4H3,(H,23,24). The molecule has 0 aliphatic rings. The van der Waals surface area contributed by atoms with Gasteiger partial charge in [0.15, 0.2) is 5.76 Å². The maximum absolute atomic E-state index is 12.6. The summed E-state index contributed by atoms with van der Waals surface area (Å²) in [6.07, 6.45) is 0. The lowest BCUT2D eigenvalue weighted by atomic mass is 10.1. The van der Waals surface area contributed by atoms with Crippen LogP contribution in [-0.4, -0.2) is 18.5 Å². The number of aryl methyl sites for hydroxylation is 2. The van der Waals surface area contributed by atoms with Crippen molar-refractivity contribution < 1.29 is 23.5 Å². The number of benzene rings is 1. The molecule has 1 amide bonds. The first-order valence-corrected chi connectivity index (χ1v) is 10.1. The van der Waals surface area contributed by atoms with Gasteiger partial charge >= 0.3 is 5.97 Å². The van der Waals surface area contributed by atoms with Crippen LogP contribution in [0, 0.1) is 20.8 Å². The highest BCUT2D eigenvalue weighted by Gasteiger charge is 2.23. The van der Waals surface area contributed by atoms with Gasteiger partial charge in [0.05, 0.1) is 12.2 Å². The minimum Gasteiger partial charge on any atom is -0.486 e. The van der Waals surface area contributed by atoms with Crippen molar-refractivity contribution in [3.63, 3.8) is 0 Å². The van der Waals surface area contributed by atoms with Crippen LogP contribution in [0.1, 0.15) is 49.6 Å². The number of anilines is 1. The fourth-order valence-electron chi connectivity index (χ4n) is 2.77. The van der Waals surface area contributed by atoms with Gasteiger partial charge in [-0.1, -0.05) is 12.1 Å². The molecule has 2 heterocycles. The van der Waals surface area contributed by atoms with Crippen molar-refractivity contribution in [2.75, 3.05) is 11.9 Å². The van der Waals surface area contributed by atoms with Crippen molar-refractivity contribution in [1.82, 2.24) is 0 Å². The summed E-state index contributed by atoms with van der Waals surface area (Å²) in [4.78, 5) is 25.8. The van der Waals surface area contributed by atoms with E-state index in [1.165, 1.54) is 11.3 Å². The Morgan fingerprint density at radius 2 is 1.93 bits per heavy atom. The van der Waals surface area contributed by atoms with Crippen molar-refractivity contribution in [2.24, 2.45) is 0 Å². The van der Waals surface area contributed by atoms with Gasteiger partial charge in [0, 0.05) is 4.88 Å². The van der Waals surface area contributed by atoms with Crippen LogP contribution in [0.15, 0.2) is 40.8 Å². The molecule has 29 heavy (non-hydrogen) atoms. The first-order chi connectivity index (χ1) is 13.9. The van der Waals surface area contributed by atoms with Gasteiger partial charge in [0.2, 0.25) is 0 Å². The minimum absolute atomic E-state index is 0.145. The SMILES string of the molecule is CCOC(=O)c1c(NC(=O)c2ccc(COc3cccc(C)c3)o2)sc(C)c1C. The molecule has 0 bridgehead atoms. The molecule has 0 unspecified atom stereocenters. The molecule has 3 aromatic rings. The maximum Gasteiger partial charge on any atom is 0.341 e. The predicted molar refractivity (Wildman–Crippen MR) is 112 cm³/mol. The Bertz CT molecular complexity index is 1030. The molecule has 7 heteroatoms. The highest BCUT2D eigenvalue weighted by Crippen LogP contribution is 2.33. The molecule has 6 nitrogen and oxygen atoms in total. The van der Waals surface area contributed by atoms with E-state index >= 15 is 0 Å². The van der Waals surface area contributed by atoms with E-state index in [4.69, 9.17) is 13.9 Å². The summed E-state index contributed by atoms with van der Waals surface area (Å²) in [6.45, 7) is 7.94.